The number of benzene rings is 1. The highest BCUT2D eigenvalue weighted by atomic mass is 16.3. The van der Waals surface area contributed by atoms with Gasteiger partial charge in [-0.3, -0.25) is 15.1 Å². The van der Waals surface area contributed by atoms with E-state index in [4.69, 9.17) is 5.84 Å². The predicted octanol–water partition coefficient (Wildman–Crippen LogP) is 0.956. The number of carbonyl (C=O) groups excluding carboxylic acids is 1. The van der Waals surface area contributed by atoms with Crippen molar-refractivity contribution in [1.29, 1.82) is 0 Å². The number of carbonyl (C=O) groups is 1. The highest BCUT2D eigenvalue weighted by Crippen LogP contribution is 2.20. The summed E-state index contributed by atoms with van der Waals surface area (Å²) < 4.78 is 0. The molecule has 4 N–H and O–H groups in total. The topological polar surface area (TPSA) is 78.6 Å². The fourth-order valence-corrected chi connectivity index (χ4v) is 2.98. The van der Waals surface area contributed by atoms with Gasteiger partial charge in [0.1, 0.15) is 0 Å². The smallest absolute Gasteiger partial charge is 0.238 e. The molecule has 1 unspecified atom stereocenters. The van der Waals surface area contributed by atoms with Crippen LogP contribution in [0.15, 0.2) is 24.3 Å². The van der Waals surface area contributed by atoms with Crippen LogP contribution in [0.25, 0.3) is 0 Å². The SMILES string of the molecule is NNC(=O)Cc1ccccc1CN1CCCCCC1CO. The second kappa shape index (κ2) is 8.12. The minimum absolute atomic E-state index is 0.183. The van der Waals surface area contributed by atoms with Gasteiger partial charge in [-0.25, -0.2) is 5.84 Å². The second-order valence-corrected chi connectivity index (χ2v) is 5.67. The average Bonchev–Trinajstić information content (AvgIpc) is 2.74. The molecule has 0 spiro atoms. The number of aliphatic hydroxyl groups excluding tert-OH is 1. The van der Waals surface area contributed by atoms with Crippen molar-refractivity contribution >= 4 is 5.91 Å². The Kier molecular flexibility index (Phi) is 6.17. The highest BCUT2D eigenvalue weighted by molar-refractivity contribution is 5.78. The Morgan fingerprint density at radius 3 is 2.76 bits per heavy atom. The fraction of sp³-hybridized carbons (Fsp3) is 0.562. The molecule has 0 bridgehead atoms. The van der Waals surface area contributed by atoms with E-state index in [1.165, 1.54) is 19.3 Å². The summed E-state index contributed by atoms with van der Waals surface area (Å²) in [6, 6.07) is 8.18. The van der Waals surface area contributed by atoms with Crippen molar-refractivity contribution in [2.75, 3.05) is 13.2 Å². The molecule has 0 aromatic heterocycles. The number of hydrogen-bond acceptors (Lipinski definition) is 4. The highest BCUT2D eigenvalue weighted by Gasteiger charge is 2.21. The van der Waals surface area contributed by atoms with E-state index in [1.54, 1.807) is 0 Å². The third-order valence-electron chi connectivity index (χ3n) is 4.21. The van der Waals surface area contributed by atoms with Crippen molar-refractivity contribution in [3.63, 3.8) is 0 Å². The summed E-state index contributed by atoms with van der Waals surface area (Å²) in [5, 5.41) is 9.59. The van der Waals surface area contributed by atoms with Gasteiger partial charge in [-0.2, -0.15) is 0 Å². The number of nitrogens with one attached hydrogen (secondary N) is 1. The number of hydrogen-bond donors (Lipinski definition) is 3. The molecular formula is C16H25N3O2. The van der Waals surface area contributed by atoms with Gasteiger partial charge in [0.2, 0.25) is 5.91 Å². The monoisotopic (exact) mass is 291 g/mol. The van der Waals surface area contributed by atoms with E-state index in [0.717, 1.165) is 30.6 Å². The molecule has 1 heterocycles. The minimum Gasteiger partial charge on any atom is -0.395 e. The van der Waals surface area contributed by atoms with Gasteiger partial charge in [-0.1, -0.05) is 37.1 Å². The molecule has 1 atom stereocenters. The van der Waals surface area contributed by atoms with Gasteiger partial charge in [0.05, 0.1) is 13.0 Å². The van der Waals surface area contributed by atoms with Crippen molar-refractivity contribution in [1.82, 2.24) is 10.3 Å². The minimum atomic E-state index is -0.183. The Labute approximate surface area is 126 Å². The molecule has 1 fully saturated rings. The summed E-state index contributed by atoms with van der Waals surface area (Å²) in [4.78, 5) is 13.9. The molecule has 0 saturated carbocycles. The molecule has 1 aromatic rings. The van der Waals surface area contributed by atoms with Crippen molar-refractivity contribution in [3.05, 3.63) is 35.4 Å². The quantitative estimate of drug-likeness (QED) is 0.429. The molecule has 0 aliphatic carbocycles. The maximum absolute atomic E-state index is 11.5. The Morgan fingerprint density at radius 2 is 2.05 bits per heavy atom. The molecule has 1 aliphatic rings. The first-order chi connectivity index (χ1) is 10.2. The number of likely N-dealkylation sites (tertiary alicyclic amines) is 1. The molecular weight excluding hydrogens is 266 g/mol. The van der Waals surface area contributed by atoms with Crippen LogP contribution in [0.5, 0.6) is 0 Å². The largest absolute Gasteiger partial charge is 0.395 e. The summed E-state index contributed by atoms with van der Waals surface area (Å²) in [5.41, 5.74) is 4.32. The molecule has 0 radical (unpaired) electrons. The zero-order valence-corrected chi connectivity index (χ0v) is 12.4. The number of rotatable bonds is 5. The first-order valence-corrected chi connectivity index (χ1v) is 7.65. The summed E-state index contributed by atoms with van der Waals surface area (Å²) in [6.45, 7) is 1.98. The third-order valence-corrected chi connectivity index (χ3v) is 4.21. The Morgan fingerprint density at radius 1 is 1.29 bits per heavy atom. The van der Waals surface area contributed by atoms with Crippen molar-refractivity contribution in [3.8, 4) is 0 Å². The summed E-state index contributed by atoms with van der Waals surface area (Å²) >= 11 is 0. The van der Waals surface area contributed by atoms with Crippen LogP contribution < -0.4 is 11.3 Å². The van der Waals surface area contributed by atoms with E-state index in [-0.39, 0.29) is 18.6 Å². The second-order valence-electron chi connectivity index (χ2n) is 5.67. The van der Waals surface area contributed by atoms with Crippen molar-refractivity contribution < 1.29 is 9.90 Å². The Hall–Kier alpha value is -1.43. The first kappa shape index (κ1) is 15.9. The van der Waals surface area contributed by atoms with Gasteiger partial charge in [0.25, 0.3) is 0 Å². The van der Waals surface area contributed by atoms with Crippen LogP contribution in [0.4, 0.5) is 0 Å². The molecule has 2 rings (SSSR count). The molecule has 116 valence electrons. The number of amides is 1. The zero-order chi connectivity index (χ0) is 15.1. The average molecular weight is 291 g/mol. The van der Waals surface area contributed by atoms with Crippen molar-refractivity contribution in [2.24, 2.45) is 5.84 Å². The summed E-state index contributed by atoms with van der Waals surface area (Å²) in [5.74, 6) is 4.99. The predicted molar refractivity (Wildman–Crippen MR) is 82.2 cm³/mol. The molecule has 21 heavy (non-hydrogen) atoms. The van der Waals surface area contributed by atoms with Gasteiger partial charge in [0, 0.05) is 12.6 Å². The van der Waals surface area contributed by atoms with E-state index in [9.17, 15) is 9.90 Å². The normalized spacial score (nSPS) is 20.0. The number of aliphatic hydroxyl groups is 1. The lowest BCUT2D eigenvalue weighted by Gasteiger charge is -2.29. The van der Waals surface area contributed by atoms with Crippen LogP contribution in [0, 0.1) is 0 Å². The standard InChI is InChI=1S/C16H25N3O2/c17-18-16(21)10-13-6-3-4-7-14(13)11-19-9-5-1-2-8-15(19)12-20/h3-4,6-7,15,20H,1-2,5,8-12,17H2,(H,18,21). The fourth-order valence-electron chi connectivity index (χ4n) is 2.98. The van der Waals surface area contributed by atoms with E-state index < -0.39 is 0 Å². The maximum atomic E-state index is 11.5. The van der Waals surface area contributed by atoms with Gasteiger partial charge in [0.15, 0.2) is 0 Å². The molecule has 1 aromatic carbocycles. The molecule has 1 saturated heterocycles. The summed E-state index contributed by atoms with van der Waals surface area (Å²) in [7, 11) is 0. The molecule has 1 aliphatic heterocycles. The third kappa shape index (κ3) is 4.52. The van der Waals surface area contributed by atoms with E-state index in [1.807, 2.05) is 18.2 Å². The van der Waals surface area contributed by atoms with E-state index in [2.05, 4.69) is 16.4 Å². The van der Waals surface area contributed by atoms with Gasteiger partial charge < -0.3 is 5.11 Å². The van der Waals surface area contributed by atoms with Gasteiger partial charge in [-0.15, -0.1) is 0 Å². The van der Waals surface area contributed by atoms with Gasteiger partial charge in [-0.05, 0) is 30.5 Å². The zero-order valence-electron chi connectivity index (χ0n) is 12.4. The lowest BCUT2D eigenvalue weighted by molar-refractivity contribution is -0.120. The van der Waals surface area contributed by atoms with Crippen LogP contribution in [0.2, 0.25) is 0 Å². The molecule has 1 amide bonds. The number of nitrogens with two attached hydrogens (primary N) is 1. The van der Waals surface area contributed by atoms with Crippen LogP contribution >= 0.6 is 0 Å². The number of nitrogens with zero attached hydrogens (tertiary/aromatic N) is 1. The van der Waals surface area contributed by atoms with Crippen LogP contribution in [0.1, 0.15) is 36.8 Å². The lowest BCUT2D eigenvalue weighted by Crippen LogP contribution is -2.37. The molecule has 5 heteroatoms. The number of hydrazine groups is 1. The summed E-state index contributed by atoms with van der Waals surface area (Å²) in [6.07, 6.45) is 4.91. The lowest BCUT2D eigenvalue weighted by atomic mass is 10.0. The van der Waals surface area contributed by atoms with E-state index >= 15 is 0 Å². The Bertz CT molecular complexity index is 465. The van der Waals surface area contributed by atoms with E-state index in [0.29, 0.717) is 6.42 Å². The van der Waals surface area contributed by atoms with Crippen LogP contribution in [-0.4, -0.2) is 35.1 Å². The maximum Gasteiger partial charge on any atom is 0.238 e. The van der Waals surface area contributed by atoms with Crippen LogP contribution in [-0.2, 0) is 17.8 Å². The van der Waals surface area contributed by atoms with Crippen LogP contribution in [0.3, 0.4) is 0 Å². The first-order valence-electron chi connectivity index (χ1n) is 7.65. The van der Waals surface area contributed by atoms with Crippen molar-refractivity contribution in [2.45, 2.75) is 44.7 Å². The van der Waals surface area contributed by atoms with Gasteiger partial charge >= 0.3 is 0 Å². The Balaban J connectivity index is 2.11. The molecule has 5 nitrogen and oxygen atoms in total.